The van der Waals surface area contributed by atoms with E-state index in [-0.39, 0.29) is 30.1 Å². The van der Waals surface area contributed by atoms with Crippen molar-refractivity contribution in [1.29, 1.82) is 0 Å². The van der Waals surface area contributed by atoms with Crippen LogP contribution >= 0.6 is 11.6 Å². The van der Waals surface area contributed by atoms with Crippen LogP contribution in [-0.4, -0.2) is 53.3 Å². The summed E-state index contributed by atoms with van der Waals surface area (Å²) < 4.78 is 4.93. The van der Waals surface area contributed by atoms with Crippen LogP contribution in [0.5, 0.6) is 0 Å². The van der Waals surface area contributed by atoms with Crippen LogP contribution in [0.1, 0.15) is 33.7 Å². The zero-order valence-corrected chi connectivity index (χ0v) is 15.2. The quantitative estimate of drug-likeness (QED) is 0.804. The number of likely N-dealkylation sites (tertiary alicyclic amines) is 1. The number of furan rings is 1. The van der Waals surface area contributed by atoms with Gasteiger partial charge in [-0.15, -0.1) is 0 Å². The molecule has 0 unspecified atom stereocenters. The van der Waals surface area contributed by atoms with E-state index < -0.39 is 5.91 Å². The lowest BCUT2D eigenvalue weighted by molar-refractivity contribution is -0.121. The third-order valence-electron chi connectivity index (χ3n) is 4.28. The molecule has 9 heteroatoms. The normalized spacial score (nSPS) is 14.6. The molecule has 27 heavy (non-hydrogen) atoms. The second-order valence-corrected chi connectivity index (χ2v) is 6.62. The molecule has 0 aliphatic carbocycles. The second kappa shape index (κ2) is 8.68. The molecule has 0 radical (unpaired) electrons. The van der Waals surface area contributed by atoms with Crippen LogP contribution in [-0.2, 0) is 4.79 Å². The van der Waals surface area contributed by atoms with Crippen LogP contribution < -0.4 is 10.6 Å². The second-order valence-electron chi connectivity index (χ2n) is 6.19. The first kappa shape index (κ1) is 18.9. The molecule has 2 aromatic rings. The highest BCUT2D eigenvalue weighted by Crippen LogP contribution is 2.14. The summed E-state index contributed by atoms with van der Waals surface area (Å²) in [5.74, 6) is -0.826. The largest absolute Gasteiger partial charge is 0.472 e. The molecule has 2 N–H and O–H groups in total. The van der Waals surface area contributed by atoms with Crippen molar-refractivity contribution in [1.82, 2.24) is 20.5 Å². The van der Waals surface area contributed by atoms with Crippen molar-refractivity contribution >= 4 is 29.3 Å². The average molecular weight is 391 g/mol. The molecule has 3 amide bonds. The van der Waals surface area contributed by atoms with Gasteiger partial charge >= 0.3 is 0 Å². The van der Waals surface area contributed by atoms with Gasteiger partial charge in [-0.1, -0.05) is 11.6 Å². The first-order valence-corrected chi connectivity index (χ1v) is 8.91. The first-order chi connectivity index (χ1) is 13.0. The summed E-state index contributed by atoms with van der Waals surface area (Å²) in [5, 5.41) is 5.79. The smallest absolute Gasteiger partial charge is 0.270 e. The number of hydrogen-bond acceptors (Lipinski definition) is 5. The fourth-order valence-corrected chi connectivity index (χ4v) is 3.01. The standard InChI is InChI=1S/C18H19ClN4O4/c19-13-1-5-20-15(9-13)17(25)21-10-16(24)22-14-2-6-23(7-3-14)18(26)12-4-8-27-11-12/h1,4-5,8-9,11,14H,2-3,6-7,10H2,(H,21,25)(H,22,24). The molecule has 0 aromatic carbocycles. The lowest BCUT2D eigenvalue weighted by Crippen LogP contribution is -2.48. The number of carbonyl (C=O) groups excluding carboxylic acids is 3. The first-order valence-electron chi connectivity index (χ1n) is 8.53. The van der Waals surface area contributed by atoms with Crippen LogP contribution in [0.3, 0.4) is 0 Å². The lowest BCUT2D eigenvalue weighted by Gasteiger charge is -2.32. The van der Waals surface area contributed by atoms with Crippen LogP contribution in [0.25, 0.3) is 0 Å². The molecule has 8 nitrogen and oxygen atoms in total. The van der Waals surface area contributed by atoms with E-state index in [4.69, 9.17) is 16.0 Å². The summed E-state index contributed by atoms with van der Waals surface area (Å²) in [7, 11) is 0. The maximum Gasteiger partial charge on any atom is 0.270 e. The summed E-state index contributed by atoms with van der Waals surface area (Å²) in [6, 6.07) is 4.59. The molecule has 0 saturated carbocycles. The third-order valence-corrected chi connectivity index (χ3v) is 4.51. The number of pyridine rings is 1. The van der Waals surface area contributed by atoms with Gasteiger partial charge in [0, 0.05) is 30.4 Å². The molecular weight excluding hydrogens is 372 g/mol. The zero-order valence-electron chi connectivity index (χ0n) is 14.5. The third kappa shape index (κ3) is 5.07. The van der Waals surface area contributed by atoms with Crippen molar-refractivity contribution in [3.8, 4) is 0 Å². The van der Waals surface area contributed by atoms with Crippen molar-refractivity contribution in [3.05, 3.63) is 53.2 Å². The summed E-state index contributed by atoms with van der Waals surface area (Å²) >= 11 is 5.81. The van der Waals surface area contributed by atoms with Gasteiger partial charge in [0.2, 0.25) is 5.91 Å². The molecule has 1 aliphatic heterocycles. The van der Waals surface area contributed by atoms with Crippen LogP contribution in [0, 0.1) is 0 Å². The Kier molecular flexibility index (Phi) is 6.08. The predicted molar refractivity (Wildman–Crippen MR) is 97.4 cm³/mol. The van der Waals surface area contributed by atoms with Crippen LogP contribution in [0.15, 0.2) is 41.3 Å². The topological polar surface area (TPSA) is 105 Å². The molecule has 0 spiro atoms. The minimum absolute atomic E-state index is 0.0351. The van der Waals surface area contributed by atoms with Crippen molar-refractivity contribution in [2.24, 2.45) is 0 Å². The Morgan fingerprint density at radius 1 is 1.26 bits per heavy atom. The molecule has 3 rings (SSSR count). The number of hydrogen-bond donors (Lipinski definition) is 2. The maximum atomic E-state index is 12.2. The highest BCUT2D eigenvalue weighted by molar-refractivity contribution is 6.30. The van der Waals surface area contributed by atoms with Crippen molar-refractivity contribution in [3.63, 3.8) is 0 Å². The number of rotatable bonds is 5. The SMILES string of the molecule is O=C(CNC(=O)c1cc(Cl)ccn1)NC1CCN(C(=O)c2ccoc2)CC1. The summed E-state index contributed by atoms with van der Waals surface area (Å²) in [6.07, 6.45) is 5.62. The minimum Gasteiger partial charge on any atom is -0.472 e. The Morgan fingerprint density at radius 2 is 2.04 bits per heavy atom. The minimum atomic E-state index is -0.465. The molecule has 3 heterocycles. The summed E-state index contributed by atoms with van der Waals surface area (Å²) in [6.45, 7) is 0.947. The fraction of sp³-hybridized carbons (Fsp3) is 0.333. The van der Waals surface area contributed by atoms with Gasteiger partial charge in [0.05, 0.1) is 18.4 Å². The monoisotopic (exact) mass is 390 g/mol. The van der Waals surface area contributed by atoms with E-state index in [1.165, 1.54) is 24.8 Å². The van der Waals surface area contributed by atoms with Crippen LogP contribution in [0.4, 0.5) is 0 Å². The summed E-state index contributed by atoms with van der Waals surface area (Å²) in [4.78, 5) is 41.9. The average Bonchev–Trinajstić information content (AvgIpc) is 3.21. The predicted octanol–water partition coefficient (Wildman–Crippen LogP) is 1.48. The number of nitrogens with one attached hydrogen (secondary N) is 2. The van der Waals surface area contributed by atoms with Gasteiger partial charge in [0.1, 0.15) is 12.0 Å². The summed E-state index contributed by atoms with van der Waals surface area (Å²) in [5.41, 5.74) is 0.677. The number of aromatic nitrogens is 1. The van der Waals surface area contributed by atoms with Gasteiger partial charge in [-0.2, -0.15) is 0 Å². The van der Waals surface area contributed by atoms with Gasteiger partial charge in [-0.25, -0.2) is 0 Å². The molecule has 0 bridgehead atoms. The molecule has 142 valence electrons. The number of piperidine rings is 1. The number of nitrogens with zero attached hydrogens (tertiary/aromatic N) is 2. The highest BCUT2D eigenvalue weighted by Gasteiger charge is 2.25. The fourth-order valence-electron chi connectivity index (χ4n) is 2.85. The Bertz CT molecular complexity index is 817. The van der Waals surface area contributed by atoms with Gasteiger partial charge in [0.25, 0.3) is 11.8 Å². The van der Waals surface area contributed by atoms with E-state index in [9.17, 15) is 14.4 Å². The Balaban J connectivity index is 1.40. The molecule has 0 atom stereocenters. The van der Waals surface area contributed by atoms with Crippen molar-refractivity contribution in [2.45, 2.75) is 18.9 Å². The van der Waals surface area contributed by atoms with Crippen LogP contribution in [0.2, 0.25) is 5.02 Å². The maximum absolute atomic E-state index is 12.2. The molecular formula is C18H19ClN4O4. The van der Waals surface area contributed by atoms with E-state index >= 15 is 0 Å². The van der Waals surface area contributed by atoms with E-state index in [2.05, 4.69) is 15.6 Å². The Hall–Kier alpha value is -2.87. The van der Waals surface area contributed by atoms with Gasteiger partial charge in [-0.05, 0) is 31.0 Å². The van der Waals surface area contributed by atoms with Crippen molar-refractivity contribution in [2.75, 3.05) is 19.6 Å². The lowest BCUT2D eigenvalue weighted by atomic mass is 10.0. The van der Waals surface area contributed by atoms with E-state index in [1.54, 1.807) is 17.0 Å². The Morgan fingerprint density at radius 3 is 2.70 bits per heavy atom. The number of carbonyl (C=O) groups is 3. The van der Waals surface area contributed by atoms with E-state index in [0.717, 1.165) is 0 Å². The van der Waals surface area contributed by atoms with Gasteiger partial charge < -0.3 is 20.0 Å². The molecule has 1 fully saturated rings. The van der Waals surface area contributed by atoms with Gasteiger partial charge in [-0.3, -0.25) is 19.4 Å². The van der Waals surface area contributed by atoms with E-state index in [0.29, 0.717) is 36.5 Å². The van der Waals surface area contributed by atoms with E-state index in [1.807, 2.05) is 0 Å². The zero-order chi connectivity index (χ0) is 19.2. The molecule has 2 aromatic heterocycles. The number of amides is 3. The molecule has 1 saturated heterocycles. The van der Waals surface area contributed by atoms with Gasteiger partial charge in [0.15, 0.2) is 0 Å². The van der Waals surface area contributed by atoms with Crippen molar-refractivity contribution < 1.29 is 18.8 Å². The highest BCUT2D eigenvalue weighted by atomic mass is 35.5. The Labute approximate surface area is 160 Å². The number of halogens is 1. The molecule has 1 aliphatic rings.